The number of nitrogens with one attached hydrogen (secondary N) is 1. The molecule has 2 saturated heterocycles. The van der Waals surface area contributed by atoms with Crippen molar-refractivity contribution in [1.29, 1.82) is 0 Å². The third kappa shape index (κ3) is 4.45. The lowest BCUT2D eigenvalue weighted by Gasteiger charge is -2.27. The number of hydrogen-bond acceptors (Lipinski definition) is 5. The number of piperidine rings is 1. The average Bonchev–Trinajstić information content (AvgIpc) is 3.26. The standard InChI is InChI=1S/C21H26N4O2/c26-21(22-13-16-7-10-27-14-16)18-6-4-5-17(11-18)19-12-20(24-15-23-19)25-8-2-1-3-9-25/h4-6,11-12,15-16H,1-3,7-10,13-14H2,(H,22,26)/t16-/m1/s1. The number of carbonyl (C=O) groups is 1. The molecular weight excluding hydrogens is 340 g/mol. The zero-order valence-corrected chi connectivity index (χ0v) is 15.6. The molecule has 6 nitrogen and oxygen atoms in total. The Morgan fingerprint density at radius 1 is 1.19 bits per heavy atom. The van der Waals surface area contributed by atoms with Gasteiger partial charge >= 0.3 is 0 Å². The summed E-state index contributed by atoms with van der Waals surface area (Å²) in [5, 5.41) is 3.02. The summed E-state index contributed by atoms with van der Waals surface area (Å²) in [6, 6.07) is 9.67. The summed E-state index contributed by atoms with van der Waals surface area (Å²) in [7, 11) is 0. The zero-order chi connectivity index (χ0) is 18.5. The minimum Gasteiger partial charge on any atom is -0.381 e. The van der Waals surface area contributed by atoms with Crippen LogP contribution in [0.4, 0.5) is 5.82 Å². The zero-order valence-electron chi connectivity index (χ0n) is 15.6. The number of rotatable bonds is 5. The van der Waals surface area contributed by atoms with Gasteiger partial charge in [0.05, 0.1) is 12.3 Å². The van der Waals surface area contributed by atoms with E-state index in [-0.39, 0.29) is 5.91 Å². The van der Waals surface area contributed by atoms with Crippen LogP contribution in [0.3, 0.4) is 0 Å². The van der Waals surface area contributed by atoms with Crippen LogP contribution in [0.15, 0.2) is 36.7 Å². The molecule has 0 unspecified atom stereocenters. The van der Waals surface area contributed by atoms with E-state index in [2.05, 4.69) is 20.2 Å². The molecular formula is C21H26N4O2. The number of benzene rings is 1. The molecule has 1 N–H and O–H groups in total. The maximum Gasteiger partial charge on any atom is 0.251 e. The molecule has 142 valence electrons. The first-order chi connectivity index (χ1) is 13.3. The van der Waals surface area contributed by atoms with E-state index in [0.29, 0.717) is 18.0 Å². The van der Waals surface area contributed by atoms with E-state index < -0.39 is 0 Å². The minimum absolute atomic E-state index is 0.0472. The van der Waals surface area contributed by atoms with E-state index in [1.165, 1.54) is 19.3 Å². The Hall–Kier alpha value is -2.47. The highest BCUT2D eigenvalue weighted by molar-refractivity contribution is 5.95. The Bertz CT molecular complexity index is 783. The van der Waals surface area contributed by atoms with E-state index in [1.54, 1.807) is 6.33 Å². The first-order valence-corrected chi connectivity index (χ1v) is 9.83. The average molecular weight is 366 g/mol. The fourth-order valence-corrected chi connectivity index (χ4v) is 3.70. The van der Waals surface area contributed by atoms with Crippen LogP contribution >= 0.6 is 0 Å². The molecule has 4 rings (SSSR count). The molecule has 1 aromatic carbocycles. The largest absolute Gasteiger partial charge is 0.381 e. The van der Waals surface area contributed by atoms with Crippen molar-refractivity contribution in [2.24, 2.45) is 5.92 Å². The van der Waals surface area contributed by atoms with E-state index in [4.69, 9.17) is 4.74 Å². The fraction of sp³-hybridized carbons (Fsp3) is 0.476. The van der Waals surface area contributed by atoms with Gasteiger partial charge in [-0.15, -0.1) is 0 Å². The van der Waals surface area contributed by atoms with Crippen LogP contribution in [0.5, 0.6) is 0 Å². The summed E-state index contributed by atoms with van der Waals surface area (Å²) in [6.45, 7) is 4.28. The van der Waals surface area contributed by atoms with Crippen molar-refractivity contribution in [2.75, 3.05) is 37.7 Å². The fourth-order valence-electron chi connectivity index (χ4n) is 3.70. The quantitative estimate of drug-likeness (QED) is 0.881. The number of anilines is 1. The maximum absolute atomic E-state index is 12.5. The van der Waals surface area contributed by atoms with Crippen molar-refractivity contribution in [3.8, 4) is 11.3 Å². The normalized spacial score (nSPS) is 19.9. The van der Waals surface area contributed by atoms with Gasteiger partial charge in [0.15, 0.2) is 0 Å². The van der Waals surface area contributed by atoms with Crippen LogP contribution in [-0.4, -0.2) is 48.7 Å². The topological polar surface area (TPSA) is 67.3 Å². The van der Waals surface area contributed by atoms with Crippen molar-refractivity contribution in [2.45, 2.75) is 25.7 Å². The SMILES string of the molecule is O=C(NC[C@H]1CCOC1)c1cccc(-c2cc(N3CCCCC3)ncn2)c1. The summed E-state index contributed by atoms with van der Waals surface area (Å²) in [5.74, 6) is 1.34. The molecule has 27 heavy (non-hydrogen) atoms. The third-order valence-corrected chi connectivity index (χ3v) is 5.33. The van der Waals surface area contributed by atoms with Crippen LogP contribution in [0, 0.1) is 5.92 Å². The molecule has 0 spiro atoms. The van der Waals surface area contributed by atoms with Gasteiger partial charge < -0.3 is 15.0 Å². The van der Waals surface area contributed by atoms with Gasteiger partial charge in [-0.2, -0.15) is 0 Å². The van der Waals surface area contributed by atoms with Crippen LogP contribution in [0.2, 0.25) is 0 Å². The van der Waals surface area contributed by atoms with Crippen molar-refractivity contribution >= 4 is 11.7 Å². The van der Waals surface area contributed by atoms with E-state index in [9.17, 15) is 4.79 Å². The number of ether oxygens (including phenoxy) is 1. The van der Waals surface area contributed by atoms with Gasteiger partial charge in [0.2, 0.25) is 0 Å². The van der Waals surface area contributed by atoms with Crippen LogP contribution in [-0.2, 0) is 4.74 Å². The first kappa shape index (κ1) is 17.9. The molecule has 1 atom stereocenters. The van der Waals surface area contributed by atoms with E-state index >= 15 is 0 Å². The molecule has 0 aliphatic carbocycles. The highest BCUT2D eigenvalue weighted by atomic mass is 16.5. The molecule has 2 fully saturated rings. The van der Waals surface area contributed by atoms with Crippen molar-refractivity contribution < 1.29 is 9.53 Å². The number of aromatic nitrogens is 2. The second-order valence-electron chi connectivity index (χ2n) is 7.33. The van der Waals surface area contributed by atoms with E-state index in [0.717, 1.165) is 49.8 Å². The summed E-state index contributed by atoms with van der Waals surface area (Å²) in [5.41, 5.74) is 2.45. The number of carbonyl (C=O) groups excluding carboxylic acids is 1. The monoisotopic (exact) mass is 366 g/mol. The molecule has 2 aromatic rings. The van der Waals surface area contributed by atoms with Crippen LogP contribution in [0.1, 0.15) is 36.0 Å². The molecule has 0 bridgehead atoms. The summed E-state index contributed by atoms with van der Waals surface area (Å²) in [6.07, 6.45) is 6.34. The Balaban J connectivity index is 1.47. The van der Waals surface area contributed by atoms with Gasteiger partial charge in [0, 0.05) is 49.4 Å². The van der Waals surface area contributed by atoms with Gasteiger partial charge in [0.25, 0.3) is 5.91 Å². The lowest BCUT2D eigenvalue weighted by molar-refractivity contribution is 0.0945. The molecule has 1 aromatic heterocycles. The molecule has 0 radical (unpaired) electrons. The lowest BCUT2D eigenvalue weighted by Crippen LogP contribution is -2.30. The second kappa shape index (κ2) is 8.48. The van der Waals surface area contributed by atoms with E-state index in [1.807, 2.05) is 30.3 Å². The predicted molar refractivity (Wildman–Crippen MR) is 105 cm³/mol. The Labute approximate surface area is 160 Å². The van der Waals surface area contributed by atoms with Gasteiger partial charge in [-0.05, 0) is 37.8 Å². The molecule has 2 aliphatic rings. The lowest BCUT2D eigenvalue weighted by atomic mass is 10.1. The smallest absolute Gasteiger partial charge is 0.251 e. The highest BCUT2D eigenvalue weighted by Gasteiger charge is 2.17. The Morgan fingerprint density at radius 2 is 2.07 bits per heavy atom. The Kier molecular flexibility index (Phi) is 5.63. The molecule has 3 heterocycles. The summed E-state index contributed by atoms with van der Waals surface area (Å²) < 4.78 is 5.36. The molecule has 1 amide bonds. The number of nitrogens with zero attached hydrogens (tertiary/aromatic N) is 3. The maximum atomic E-state index is 12.5. The number of amides is 1. The first-order valence-electron chi connectivity index (χ1n) is 9.83. The van der Waals surface area contributed by atoms with Crippen molar-refractivity contribution in [1.82, 2.24) is 15.3 Å². The molecule has 2 aliphatic heterocycles. The Morgan fingerprint density at radius 3 is 2.89 bits per heavy atom. The summed E-state index contributed by atoms with van der Waals surface area (Å²) in [4.78, 5) is 23.7. The second-order valence-corrected chi connectivity index (χ2v) is 7.33. The number of hydrogen-bond donors (Lipinski definition) is 1. The third-order valence-electron chi connectivity index (χ3n) is 5.33. The van der Waals surface area contributed by atoms with Gasteiger partial charge in [-0.1, -0.05) is 12.1 Å². The highest BCUT2D eigenvalue weighted by Crippen LogP contribution is 2.24. The van der Waals surface area contributed by atoms with Crippen LogP contribution < -0.4 is 10.2 Å². The molecule has 6 heteroatoms. The van der Waals surface area contributed by atoms with Gasteiger partial charge in [-0.25, -0.2) is 9.97 Å². The van der Waals surface area contributed by atoms with Crippen molar-refractivity contribution in [3.05, 3.63) is 42.2 Å². The predicted octanol–water partition coefficient (Wildman–Crippen LogP) is 2.90. The van der Waals surface area contributed by atoms with Crippen LogP contribution in [0.25, 0.3) is 11.3 Å². The minimum atomic E-state index is -0.0472. The van der Waals surface area contributed by atoms with Gasteiger partial charge in [0.1, 0.15) is 12.1 Å². The van der Waals surface area contributed by atoms with Crippen molar-refractivity contribution in [3.63, 3.8) is 0 Å². The van der Waals surface area contributed by atoms with Gasteiger partial charge in [-0.3, -0.25) is 4.79 Å². The summed E-state index contributed by atoms with van der Waals surface area (Å²) >= 11 is 0. The molecule has 0 saturated carbocycles.